The third-order valence-corrected chi connectivity index (χ3v) is 5.14. The van der Waals surface area contributed by atoms with Crippen molar-refractivity contribution in [3.05, 3.63) is 62.2 Å². The smallest absolute Gasteiger partial charge is 0.277 e. The first-order chi connectivity index (χ1) is 11.8. The number of rotatable bonds is 3. The predicted octanol–water partition coefficient (Wildman–Crippen LogP) is 5.69. The Labute approximate surface area is 159 Å². The highest BCUT2D eigenvalue weighted by molar-refractivity contribution is 7.14. The lowest BCUT2D eigenvalue weighted by molar-refractivity contribution is 0.102. The summed E-state index contributed by atoms with van der Waals surface area (Å²) in [6, 6.07) is 7.32. The maximum Gasteiger partial charge on any atom is 0.277 e. The molecule has 128 valence electrons. The fraction of sp³-hybridized carbons (Fsp3) is 0.167. The third-order valence-electron chi connectivity index (χ3n) is 3.87. The number of nitrogens with zero attached hydrogens (tertiary/aromatic N) is 2. The van der Waals surface area contributed by atoms with E-state index in [4.69, 9.17) is 23.2 Å². The van der Waals surface area contributed by atoms with Crippen LogP contribution in [0.5, 0.6) is 0 Å². The number of aromatic nitrogens is 2. The van der Waals surface area contributed by atoms with E-state index in [1.807, 2.05) is 5.38 Å². The van der Waals surface area contributed by atoms with Gasteiger partial charge in [0, 0.05) is 10.9 Å². The Kier molecular flexibility index (Phi) is 5.08. The number of thiazole rings is 1. The van der Waals surface area contributed by atoms with Gasteiger partial charge < -0.3 is 0 Å². The van der Waals surface area contributed by atoms with Gasteiger partial charge in [0.05, 0.1) is 10.7 Å². The number of amides is 1. The van der Waals surface area contributed by atoms with Crippen molar-refractivity contribution in [3.8, 4) is 11.3 Å². The summed E-state index contributed by atoms with van der Waals surface area (Å²) in [5, 5.41) is 5.57. The highest BCUT2D eigenvalue weighted by Crippen LogP contribution is 2.30. The molecule has 0 aliphatic heterocycles. The van der Waals surface area contributed by atoms with Crippen LogP contribution < -0.4 is 5.32 Å². The van der Waals surface area contributed by atoms with Gasteiger partial charge in [0.2, 0.25) is 0 Å². The summed E-state index contributed by atoms with van der Waals surface area (Å²) in [6.45, 7) is 6.20. The molecule has 7 heteroatoms. The van der Waals surface area contributed by atoms with Crippen LogP contribution in [-0.4, -0.2) is 15.9 Å². The number of nitrogens with one attached hydrogen (secondary N) is 1. The molecule has 25 heavy (non-hydrogen) atoms. The number of carbonyl (C=O) groups excluding carboxylic acids is 1. The normalized spacial score (nSPS) is 10.8. The Hall–Kier alpha value is -1.95. The average molecular weight is 392 g/mol. The Bertz CT molecular complexity index is 969. The van der Waals surface area contributed by atoms with Crippen molar-refractivity contribution in [2.45, 2.75) is 20.8 Å². The number of hydrogen-bond acceptors (Lipinski definition) is 4. The molecule has 3 rings (SSSR count). The molecule has 0 aliphatic carbocycles. The molecule has 0 unspecified atom stereocenters. The predicted molar refractivity (Wildman–Crippen MR) is 104 cm³/mol. The van der Waals surface area contributed by atoms with Crippen LogP contribution in [0.15, 0.2) is 29.6 Å². The molecule has 1 aromatic carbocycles. The molecule has 0 fully saturated rings. The molecule has 0 aliphatic rings. The number of hydrogen-bond donors (Lipinski definition) is 1. The van der Waals surface area contributed by atoms with Crippen molar-refractivity contribution >= 4 is 45.6 Å². The van der Waals surface area contributed by atoms with E-state index in [2.05, 4.69) is 48.2 Å². The molecule has 3 aromatic rings. The number of carbonyl (C=O) groups is 1. The maximum absolute atomic E-state index is 12.3. The van der Waals surface area contributed by atoms with Crippen LogP contribution >= 0.6 is 34.5 Å². The van der Waals surface area contributed by atoms with Gasteiger partial charge in [-0.05, 0) is 55.7 Å². The molecule has 2 heterocycles. The summed E-state index contributed by atoms with van der Waals surface area (Å²) < 4.78 is 0. The van der Waals surface area contributed by atoms with Crippen LogP contribution in [0.2, 0.25) is 10.2 Å². The minimum atomic E-state index is -0.440. The van der Waals surface area contributed by atoms with E-state index in [-0.39, 0.29) is 15.9 Å². The molecule has 0 radical (unpaired) electrons. The summed E-state index contributed by atoms with van der Waals surface area (Å²) in [5.41, 5.74) is 5.55. The lowest BCUT2D eigenvalue weighted by Crippen LogP contribution is -2.14. The second kappa shape index (κ2) is 7.12. The number of aryl methyl sites for hydroxylation is 3. The van der Waals surface area contributed by atoms with Crippen LogP contribution in [0.3, 0.4) is 0 Å². The van der Waals surface area contributed by atoms with Gasteiger partial charge in [0.25, 0.3) is 5.91 Å². The second-order valence-corrected chi connectivity index (χ2v) is 7.36. The minimum Gasteiger partial charge on any atom is -0.296 e. The fourth-order valence-electron chi connectivity index (χ4n) is 2.43. The monoisotopic (exact) mass is 391 g/mol. The summed E-state index contributed by atoms with van der Waals surface area (Å²) >= 11 is 13.2. The summed E-state index contributed by atoms with van der Waals surface area (Å²) in [4.78, 5) is 20.8. The van der Waals surface area contributed by atoms with Crippen molar-refractivity contribution in [2.24, 2.45) is 0 Å². The molecular weight excluding hydrogens is 377 g/mol. The van der Waals surface area contributed by atoms with E-state index >= 15 is 0 Å². The van der Waals surface area contributed by atoms with E-state index in [1.54, 1.807) is 0 Å². The van der Waals surface area contributed by atoms with Crippen LogP contribution in [0.4, 0.5) is 5.13 Å². The maximum atomic E-state index is 12.3. The van der Waals surface area contributed by atoms with Gasteiger partial charge in [-0.1, -0.05) is 29.3 Å². The summed E-state index contributed by atoms with van der Waals surface area (Å²) in [6.07, 6.45) is 0. The largest absolute Gasteiger partial charge is 0.296 e. The zero-order chi connectivity index (χ0) is 18.1. The highest BCUT2D eigenvalue weighted by Gasteiger charge is 2.16. The molecule has 0 saturated heterocycles. The van der Waals surface area contributed by atoms with Crippen molar-refractivity contribution < 1.29 is 4.79 Å². The van der Waals surface area contributed by atoms with Crippen LogP contribution in [-0.2, 0) is 0 Å². The van der Waals surface area contributed by atoms with E-state index in [9.17, 15) is 4.79 Å². The van der Waals surface area contributed by atoms with E-state index in [1.165, 1.54) is 34.6 Å². The van der Waals surface area contributed by atoms with E-state index < -0.39 is 5.91 Å². The zero-order valence-electron chi connectivity index (χ0n) is 13.9. The number of halogens is 2. The number of benzene rings is 1. The molecule has 0 bridgehead atoms. The topological polar surface area (TPSA) is 54.9 Å². The van der Waals surface area contributed by atoms with Crippen LogP contribution in [0.1, 0.15) is 27.2 Å². The third kappa shape index (κ3) is 3.84. The Morgan fingerprint density at radius 2 is 1.76 bits per heavy atom. The molecular formula is C18H15Cl2N3OS. The average Bonchev–Trinajstić information content (AvgIpc) is 3.01. The Balaban J connectivity index is 1.86. The fourth-order valence-corrected chi connectivity index (χ4v) is 3.47. The van der Waals surface area contributed by atoms with Gasteiger partial charge in [-0.3, -0.25) is 10.1 Å². The van der Waals surface area contributed by atoms with Gasteiger partial charge in [-0.15, -0.1) is 11.3 Å². The van der Waals surface area contributed by atoms with Gasteiger partial charge in [0.15, 0.2) is 5.13 Å². The van der Waals surface area contributed by atoms with Gasteiger partial charge in [-0.25, -0.2) is 9.97 Å². The molecule has 2 aromatic heterocycles. The zero-order valence-corrected chi connectivity index (χ0v) is 16.2. The Morgan fingerprint density at radius 3 is 2.52 bits per heavy atom. The molecule has 1 amide bonds. The first-order valence-electron chi connectivity index (χ1n) is 7.52. The highest BCUT2D eigenvalue weighted by atomic mass is 35.5. The van der Waals surface area contributed by atoms with Gasteiger partial charge >= 0.3 is 0 Å². The standard InChI is InChI=1S/C18H15Cl2N3OS/c1-9-6-11(3)12(7-10(9)2)14-8-25-18(21-14)23-17(24)16-13(19)4-5-15(20)22-16/h4-8H,1-3H3,(H,21,23,24). The number of anilines is 1. The molecule has 1 N–H and O–H groups in total. The lowest BCUT2D eigenvalue weighted by atomic mass is 9.99. The van der Waals surface area contributed by atoms with Gasteiger partial charge in [0.1, 0.15) is 10.8 Å². The molecule has 4 nitrogen and oxygen atoms in total. The summed E-state index contributed by atoms with van der Waals surface area (Å²) in [7, 11) is 0. The molecule has 0 atom stereocenters. The van der Waals surface area contributed by atoms with Gasteiger partial charge in [-0.2, -0.15) is 0 Å². The Morgan fingerprint density at radius 1 is 1.04 bits per heavy atom. The van der Waals surface area contributed by atoms with Crippen LogP contribution in [0.25, 0.3) is 11.3 Å². The van der Waals surface area contributed by atoms with Crippen molar-refractivity contribution in [3.63, 3.8) is 0 Å². The summed E-state index contributed by atoms with van der Waals surface area (Å²) in [5.74, 6) is -0.440. The first-order valence-corrected chi connectivity index (χ1v) is 9.16. The second-order valence-electron chi connectivity index (χ2n) is 5.71. The quantitative estimate of drug-likeness (QED) is 0.583. The van der Waals surface area contributed by atoms with Crippen LogP contribution in [0, 0.1) is 20.8 Å². The van der Waals surface area contributed by atoms with Crippen molar-refractivity contribution in [1.82, 2.24) is 9.97 Å². The number of pyridine rings is 1. The van der Waals surface area contributed by atoms with E-state index in [0.29, 0.717) is 5.13 Å². The van der Waals surface area contributed by atoms with Crippen molar-refractivity contribution in [2.75, 3.05) is 5.32 Å². The minimum absolute atomic E-state index is 0.0771. The molecule has 0 spiro atoms. The molecule has 0 saturated carbocycles. The van der Waals surface area contributed by atoms with Crippen molar-refractivity contribution in [1.29, 1.82) is 0 Å². The lowest BCUT2D eigenvalue weighted by Gasteiger charge is -2.07. The first kappa shape index (κ1) is 17.9. The van der Waals surface area contributed by atoms with E-state index in [0.717, 1.165) is 16.8 Å². The SMILES string of the molecule is Cc1cc(C)c(-c2csc(NC(=O)c3nc(Cl)ccc3Cl)n2)cc1C.